The van der Waals surface area contributed by atoms with Crippen LogP contribution in [-0.4, -0.2) is 26.7 Å². The third-order valence-electron chi connectivity index (χ3n) is 7.40. The summed E-state index contributed by atoms with van der Waals surface area (Å²) >= 11 is 3.37. The van der Waals surface area contributed by atoms with E-state index in [-0.39, 0.29) is 12.6 Å². The summed E-state index contributed by atoms with van der Waals surface area (Å²) in [7, 11) is 0. The zero-order valence-corrected chi connectivity index (χ0v) is 19.9. The van der Waals surface area contributed by atoms with Crippen LogP contribution in [0.2, 0.25) is 0 Å². The van der Waals surface area contributed by atoms with Crippen molar-refractivity contribution in [2.24, 2.45) is 28.3 Å². The zero-order chi connectivity index (χ0) is 23.0. The fourth-order valence-corrected chi connectivity index (χ4v) is 5.69. The van der Waals surface area contributed by atoms with Crippen LogP contribution in [0.4, 0.5) is 5.69 Å². The molecule has 1 unspecified atom stereocenters. The predicted octanol–water partition coefficient (Wildman–Crippen LogP) is 3.46. The summed E-state index contributed by atoms with van der Waals surface area (Å²) in [5, 5.41) is 13.1. The van der Waals surface area contributed by atoms with Gasteiger partial charge in [-0.3, -0.25) is 14.6 Å². The highest BCUT2D eigenvalue weighted by molar-refractivity contribution is 9.10. The Morgan fingerprint density at radius 1 is 1.34 bits per heavy atom. The molecule has 2 heterocycles. The number of carbonyl (C=O) groups excluding carboxylic acids is 1. The number of anilines is 1. The van der Waals surface area contributed by atoms with E-state index in [4.69, 9.17) is 0 Å². The number of hydrogen-bond donors (Lipinski definition) is 2. The fourth-order valence-electron chi connectivity index (χ4n) is 5.27. The number of aromatic nitrogens is 3. The van der Waals surface area contributed by atoms with E-state index in [0.29, 0.717) is 38.9 Å². The average molecular weight is 503 g/mol. The van der Waals surface area contributed by atoms with Gasteiger partial charge in [-0.1, -0.05) is 20.8 Å². The van der Waals surface area contributed by atoms with Gasteiger partial charge < -0.3 is 10.6 Å². The molecule has 0 spiro atoms. The Bertz CT molecular complexity index is 1070. The van der Waals surface area contributed by atoms with Crippen LogP contribution in [0.1, 0.15) is 45.3 Å². The molecule has 2 bridgehead atoms. The second kappa shape index (κ2) is 8.73. The first-order valence-corrected chi connectivity index (χ1v) is 11.6. The van der Waals surface area contributed by atoms with Crippen LogP contribution in [0.3, 0.4) is 0 Å². The lowest BCUT2D eigenvalue weighted by Crippen LogP contribution is -2.58. The first-order chi connectivity index (χ1) is 15.2. The highest BCUT2D eigenvalue weighted by atomic mass is 79.9. The predicted molar refractivity (Wildman–Crippen MR) is 124 cm³/mol. The van der Waals surface area contributed by atoms with E-state index >= 15 is 0 Å². The summed E-state index contributed by atoms with van der Waals surface area (Å²) in [6.07, 6.45) is 5.86. The zero-order valence-electron chi connectivity index (χ0n) is 18.3. The molecule has 3 aliphatic rings. The number of nitroso groups, excluding NO2 is 1. The molecule has 9 nitrogen and oxygen atoms in total. The van der Waals surface area contributed by atoms with Gasteiger partial charge in [0.25, 0.3) is 5.56 Å². The summed E-state index contributed by atoms with van der Waals surface area (Å²) in [6.45, 7) is 6.64. The van der Waals surface area contributed by atoms with Crippen molar-refractivity contribution in [3.05, 3.63) is 56.0 Å². The maximum absolute atomic E-state index is 12.8. The first-order valence-electron chi connectivity index (χ1n) is 10.8. The van der Waals surface area contributed by atoms with Crippen LogP contribution in [-0.2, 0) is 11.3 Å². The number of pyridine rings is 1. The molecule has 3 aliphatic carbocycles. The van der Waals surface area contributed by atoms with Gasteiger partial charge in [0, 0.05) is 24.0 Å². The summed E-state index contributed by atoms with van der Waals surface area (Å²) in [4.78, 5) is 40.2. The van der Waals surface area contributed by atoms with Crippen LogP contribution >= 0.6 is 15.9 Å². The molecule has 5 atom stereocenters. The third-order valence-corrected chi connectivity index (χ3v) is 8.16. The number of amides is 1. The molecule has 2 N–H and O–H groups in total. The molecule has 0 radical (unpaired) electrons. The molecule has 5 rings (SSSR count). The second-order valence-electron chi connectivity index (χ2n) is 9.40. The highest BCUT2D eigenvalue weighted by Crippen LogP contribution is 2.61. The van der Waals surface area contributed by atoms with Gasteiger partial charge in [-0.05, 0) is 69.2 Å². The van der Waals surface area contributed by atoms with E-state index in [2.05, 4.69) is 62.6 Å². The molecule has 3 fully saturated rings. The molecular formula is C22H27BrN6O3. The van der Waals surface area contributed by atoms with E-state index in [1.165, 1.54) is 18.8 Å². The van der Waals surface area contributed by atoms with Crippen molar-refractivity contribution in [3.8, 4) is 0 Å². The van der Waals surface area contributed by atoms with E-state index in [9.17, 15) is 14.5 Å². The number of fused-ring (bicyclic) bond motifs is 2. The topological polar surface area (TPSA) is 118 Å². The molecule has 32 heavy (non-hydrogen) atoms. The van der Waals surface area contributed by atoms with E-state index in [0.717, 1.165) is 11.1 Å². The van der Waals surface area contributed by atoms with Crippen LogP contribution < -0.4 is 16.2 Å². The Morgan fingerprint density at radius 3 is 2.69 bits per heavy atom. The molecular weight excluding hydrogens is 476 g/mol. The minimum atomic E-state index is -1.06. The largest absolute Gasteiger partial charge is 0.380 e. The van der Waals surface area contributed by atoms with E-state index < -0.39 is 17.6 Å². The van der Waals surface area contributed by atoms with Crippen molar-refractivity contribution < 1.29 is 4.79 Å². The number of carbonyl (C=O) groups is 1. The minimum Gasteiger partial charge on any atom is -0.380 e. The lowest BCUT2D eigenvalue weighted by Gasteiger charge is -2.62. The Morgan fingerprint density at radius 2 is 2.06 bits per heavy atom. The summed E-state index contributed by atoms with van der Waals surface area (Å²) in [6, 6.07) is 3.46. The van der Waals surface area contributed by atoms with Gasteiger partial charge in [0.05, 0.1) is 11.9 Å². The summed E-state index contributed by atoms with van der Waals surface area (Å²) in [5.41, 5.74) is 1.10. The molecule has 10 heteroatoms. The van der Waals surface area contributed by atoms with Gasteiger partial charge in [-0.2, -0.15) is 5.10 Å². The fraction of sp³-hybridized carbons (Fsp3) is 0.545. The quantitative estimate of drug-likeness (QED) is 0.559. The van der Waals surface area contributed by atoms with Crippen molar-refractivity contribution in [1.82, 2.24) is 20.1 Å². The van der Waals surface area contributed by atoms with Gasteiger partial charge >= 0.3 is 0 Å². The second-order valence-corrected chi connectivity index (χ2v) is 10.2. The van der Waals surface area contributed by atoms with Crippen LogP contribution in [0.15, 0.2) is 45.2 Å². The maximum Gasteiger partial charge on any atom is 0.283 e. The number of nitrogens with zero attached hydrogens (tertiary/aromatic N) is 4. The van der Waals surface area contributed by atoms with Gasteiger partial charge in [0.2, 0.25) is 5.91 Å². The van der Waals surface area contributed by atoms with Crippen molar-refractivity contribution in [1.29, 1.82) is 0 Å². The van der Waals surface area contributed by atoms with Crippen LogP contribution in [0.25, 0.3) is 0 Å². The van der Waals surface area contributed by atoms with Gasteiger partial charge in [0.15, 0.2) is 6.17 Å². The van der Waals surface area contributed by atoms with E-state index in [1.54, 1.807) is 18.3 Å². The Balaban J connectivity index is 1.42. The van der Waals surface area contributed by atoms with Crippen molar-refractivity contribution >= 4 is 27.5 Å². The van der Waals surface area contributed by atoms with Crippen molar-refractivity contribution in [2.75, 3.05) is 5.32 Å². The van der Waals surface area contributed by atoms with E-state index in [1.807, 2.05) is 0 Å². The monoisotopic (exact) mass is 502 g/mol. The smallest absolute Gasteiger partial charge is 0.283 e. The number of rotatable bonds is 7. The lowest BCUT2D eigenvalue weighted by molar-refractivity contribution is -0.122. The highest BCUT2D eigenvalue weighted by Gasteiger charge is 2.56. The minimum absolute atomic E-state index is 0.281. The standard InChI is InChI=1S/C22H27BrN6O3/c1-12-15-8-14(22(15,2)3)9-16(12)26-17-10-25-29(21(31)19(17)23)11-18(30)27-20(28-32)13-4-6-24-7-5-13/h4-7,10,12,14-16,20,26H,8-9,11H2,1-3H3,(H,27,30)/t12-,14+,15-,16-,20?/m1/s1. The van der Waals surface area contributed by atoms with Gasteiger partial charge in [-0.15, -0.1) is 4.91 Å². The molecule has 0 saturated heterocycles. The third kappa shape index (κ3) is 4.07. The van der Waals surface area contributed by atoms with Gasteiger partial charge in [-0.25, -0.2) is 4.68 Å². The number of nitrogens with one attached hydrogen (secondary N) is 2. The summed E-state index contributed by atoms with van der Waals surface area (Å²) in [5.74, 6) is 1.32. The SMILES string of the molecule is C[C@@H]1[C@H]2C[C@@H](C[C@H]1Nc1cnn(CC(=O)NC(N=O)c3ccncc3)c(=O)c1Br)C2(C)C. The molecule has 0 aromatic carbocycles. The molecule has 170 valence electrons. The molecule has 3 saturated carbocycles. The van der Waals surface area contributed by atoms with Crippen molar-refractivity contribution in [2.45, 2.75) is 52.4 Å². The average Bonchev–Trinajstić information content (AvgIpc) is 2.78. The molecule has 2 aromatic rings. The molecule has 1 amide bonds. The Hall–Kier alpha value is -2.62. The van der Waals surface area contributed by atoms with Crippen molar-refractivity contribution in [3.63, 3.8) is 0 Å². The number of halogens is 1. The van der Waals surface area contributed by atoms with Crippen LogP contribution in [0, 0.1) is 28.1 Å². The molecule has 2 aromatic heterocycles. The Kier molecular flexibility index (Phi) is 6.15. The van der Waals surface area contributed by atoms with Gasteiger partial charge in [0.1, 0.15) is 11.0 Å². The Labute approximate surface area is 194 Å². The first kappa shape index (κ1) is 22.6. The van der Waals surface area contributed by atoms with Crippen LogP contribution in [0.5, 0.6) is 0 Å². The maximum atomic E-state index is 12.8. The lowest BCUT2D eigenvalue weighted by atomic mass is 9.45. The molecule has 0 aliphatic heterocycles. The number of hydrogen-bond acceptors (Lipinski definition) is 7. The normalized spacial score (nSPS) is 26.5. The summed E-state index contributed by atoms with van der Waals surface area (Å²) < 4.78 is 1.40.